The Bertz CT molecular complexity index is 567. The van der Waals surface area contributed by atoms with Crippen LogP contribution in [0.15, 0.2) is 27.2 Å². The number of aromatic nitrogens is 1. The molecule has 0 radical (unpaired) electrons. The van der Waals surface area contributed by atoms with Gasteiger partial charge in [0.1, 0.15) is 6.04 Å². The molecule has 90 valence electrons. The average molecular weight is 299 g/mol. The van der Waals surface area contributed by atoms with Crippen molar-refractivity contribution in [1.29, 1.82) is 0 Å². The second kappa shape index (κ2) is 4.37. The molecule has 5 nitrogen and oxygen atoms in total. The number of aliphatic carboxylic acids is 1. The number of hydrogen-bond donors (Lipinski definition) is 1. The van der Waals surface area contributed by atoms with Gasteiger partial charge in [-0.3, -0.25) is 0 Å². The summed E-state index contributed by atoms with van der Waals surface area (Å²) in [5, 5.41) is 13.7. The molecule has 0 saturated heterocycles. The Hall–Kier alpha value is -1.56. The van der Waals surface area contributed by atoms with Gasteiger partial charge in [0.25, 0.3) is 0 Å². The molecule has 6 heteroatoms. The standard InChI is InChI=1S/C11H11BrN2O3/c1-6(11(15)16)14(2)10-8-5-7(12)3-4-9(8)17-13-10/h3-6H,1-2H3,(H,15,16). The summed E-state index contributed by atoms with van der Waals surface area (Å²) in [7, 11) is 1.68. The first-order chi connectivity index (χ1) is 8.00. The Morgan fingerprint density at radius 1 is 1.59 bits per heavy atom. The highest BCUT2D eigenvalue weighted by molar-refractivity contribution is 9.10. The Labute approximate surface area is 106 Å². The van der Waals surface area contributed by atoms with Crippen LogP contribution in [0.3, 0.4) is 0 Å². The van der Waals surface area contributed by atoms with Crippen LogP contribution in [0.4, 0.5) is 5.82 Å². The fourth-order valence-electron chi connectivity index (χ4n) is 1.50. The Morgan fingerprint density at radius 2 is 2.29 bits per heavy atom. The second-order valence-electron chi connectivity index (χ2n) is 3.77. The SMILES string of the molecule is CC(C(=O)O)N(C)c1noc2ccc(Br)cc12. The minimum atomic E-state index is -0.904. The van der Waals surface area contributed by atoms with E-state index < -0.39 is 12.0 Å². The van der Waals surface area contributed by atoms with Gasteiger partial charge >= 0.3 is 5.97 Å². The van der Waals surface area contributed by atoms with E-state index >= 15 is 0 Å². The maximum absolute atomic E-state index is 10.9. The van der Waals surface area contributed by atoms with E-state index in [1.165, 1.54) is 0 Å². The molecule has 17 heavy (non-hydrogen) atoms. The Kier molecular flexibility index (Phi) is 3.06. The number of nitrogens with zero attached hydrogens (tertiary/aromatic N) is 2. The number of anilines is 1. The predicted octanol–water partition coefficient (Wildman–Crippen LogP) is 2.50. The normalized spacial score (nSPS) is 12.6. The summed E-state index contributed by atoms with van der Waals surface area (Å²) in [6.45, 7) is 1.60. The highest BCUT2D eigenvalue weighted by atomic mass is 79.9. The lowest BCUT2D eigenvalue weighted by atomic mass is 10.2. The van der Waals surface area contributed by atoms with Gasteiger partial charge in [-0.25, -0.2) is 4.79 Å². The summed E-state index contributed by atoms with van der Waals surface area (Å²) in [6, 6.07) is 4.82. The summed E-state index contributed by atoms with van der Waals surface area (Å²) in [5.41, 5.74) is 0.632. The third-order valence-electron chi connectivity index (χ3n) is 2.69. The van der Waals surface area contributed by atoms with Crippen LogP contribution in [0.25, 0.3) is 11.0 Å². The fraction of sp³-hybridized carbons (Fsp3) is 0.273. The smallest absolute Gasteiger partial charge is 0.326 e. The molecule has 0 aliphatic heterocycles. The van der Waals surface area contributed by atoms with Gasteiger partial charge in [-0.1, -0.05) is 21.1 Å². The van der Waals surface area contributed by atoms with Gasteiger partial charge < -0.3 is 14.5 Å². The predicted molar refractivity (Wildman–Crippen MR) is 67.2 cm³/mol. The lowest BCUT2D eigenvalue weighted by molar-refractivity contribution is -0.138. The molecule has 0 amide bonds. The third kappa shape index (κ3) is 2.12. The van der Waals surface area contributed by atoms with Crippen LogP contribution in [0.2, 0.25) is 0 Å². The first kappa shape index (κ1) is 11.9. The summed E-state index contributed by atoms with van der Waals surface area (Å²) < 4.78 is 6.04. The molecule has 0 bridgehead atoms. The highest BCUT2D eigenvalue weighted by Crippen LogP contribution is 2.29. The molecule has 2 rings (SSSR count). The number of hydrogen-bond acceptors (Lipinski definition) is 4. The van der Waals surface area contributed by atoms with Gasteiger partial charge in [0.15, 0.2) is 11.4 Å². The molecular weight excluding hydrogens is 288 g/mol. The number of benzene rings is 1. The molecule has 0 spiro atoms. The Balaban J connectivity index is 2.48. The molecule has 0 aliphatic carbocycles. The van der Waals surface area contributed by atoms with Crippen molar-refractivity contribution in [2.24, 2.45) is 0 Å². The molecule has 1 unspecified atom stereocenters. The van der Waals surface area contributed by atoms with Gasteiger partial charge in [-0.05, 0) is 25.1 Å². The van der Waals surface area contributed by atoms with E-state index in [1.54, 1.807) is 24.9 Å². The van der Waals surface area contributed by atoms with Crippen molar-refractivity contribution in [3.63, 3.8) is 0 Å². The summed E-state index contributed by atoms with van der Waals surface area (Å²) in [6.07, 6.45) is 0. The van der Waals surface area contributed by atoms with Crippen molar-refractivity contribution >= 4 is 38.7 Å². The van der Waals surface area contributed by atoms with Gasteiger partial charge in [0.05, 0.1) is 5.39 Å². The number of likely N-dealkylation sites (N-methyl/N-ethyl adjacent to an activating group) is 1. The van der Waals surface area contributed by atoms with E-state index in [4.69, 9.17) is 9.63 Å². The number of carboxylic acids is 1. The minimum Gasteiger partial charge on any atom is -0.480 e. The van der Waals surface area contributed by atoms with Crippen LogP contribution in [0, 0.1) is 0 Å². The number of halogens is 1. The van der Waals surface area contributed by atoms with Crippen molar-refractivity contribution in [2.45, 2.75) is 13.0 Å². The maximum atomic E-state index is 10.9. The molecule has 1 atom stereocenters. The van der Waals surface area contributed by atoms with Crippen molar-refractivity contribution in [2.75, 3.05) is 11.9 Å². The van der Waals surface area contributed by atoms with Crippen LogP contribution in [0.1, 0.15) is 6.92 Å². The lowest BCUT2D eigenvalue weighted by Gasteiger charge is -2.20. The first-order valence-corrected chi connectivity index (χ1v) is 5.80. The molecule has 1 heterocycles. The molecule has 2 aromatic rings. The molecule has 0 fully saturated rings. The van der Waals surface area contributed by atoms with E-state index in [0.29, 0.717) is 11.4 Å². The second-order valence-corrected chi connectivity index (χ2v) is 4.69. The lowest BCUT2D eigenvalue weighted by Crippen LogP contribution is -2.36. The molecule has 1 aromatic carbocycles. The van der Waals surface area contributed by atoms with Crippen LogP contribution < -0.4 is 4.90 Å². The monoisotopic (exact) mass is 298 g/mol. The number of rotatable bonds is 3. The molecule has 1 N–H and O–H groups in total. The summed E-state index contributed by atoms with van der Waals surface area (Å²) in [4.78, 5) is 12.5. The van der Waals surface area contributed by atoms with Crippen molar-refractivity contribution < 1.29 is 14.4 Å². The van der Waals surface area contributed by atoms with Crippen LogP contribution >= 0.6 is 15.9 Å². The van der Waals surface area contributed by atoms with E-state index in [-0.39, 0.29) is 0 Å². The minimum absolute atomic E-state index is 0.524. The molecule has 0 saturated carbocycles. The number of carbonyl (C=O) groups is 1. The zero-order valence-electron chi connectivity index (χ0n) is 9.35. The van der Waals surface area contributed by atoms with E-state index in [1.807, 2.05) is 12.1 Å². The maximum Gasteiger partial charge on any atom is 0.326 e. The van der Waals surface area contributed by atoms with Crippen molar-refractivity contribution in [1.82, 2.24) is 5.16 Å². The van der Waals surface area contributed by atoms with Crippen molar-refractivity contribution in [3.05, 3.63) is 22.7 Å². The largest absolute Gasteiger partial charge is 0.480 e. The average Bonchev–Trinajstić information content (AvgIpc) is 2.69. The quantitative estimate of drug-likeness (QED) is 0.943. The van der Waals surface area contributed by atoms with Gasteiger partial charge in [0, 0.05) is 11.5 Å². The zero-order chi connectivity index (χ0) is 12.6. The topological polar surface area (TPSA) is 66.6 Å². The molecular formula is C11H11BrN2O3. The van der Waals surface area contributed by atoms with Gasteiger partial charge in [-0.15, -0.1) is 0 Å². The van der Waals surface area contributed by atoms with E-state index in [2.05, 4.69) is 21.1 Å². The zero-order valence-corrected chi connectivity index (χ0v) is 10.9. The van der Waals surface area contributed by atoms with Crippen molar-refractivity contribution in [3.8, 4) is 0 Å². The summed E-state index contributed by atoms with van der Waals surface area (Å²) >= 11 is 3.36. The molecule has 1 aromatic heterocycles. The van der Waals surface area contributed by atoms with Gasteiger partial charge in [-0.2, -0.15) is 0 Å². The summed E-state index contributed by atoms with van der Waals surface area (Å²) in [5.74, 6) is -0.380. The Morgan fingerprint density at radius 3 is 2.94 bits per heavy atom. The van der Waals surface area contributed by atoms with E-state index in [0.717, 1.165) is 9.86 Å². The third-order valence-corrected chi connectivity index (χ3v) is 3.18. The van der Waals surface area contributed by atoms with Crippen LogP contribution in [-0.4, -0.2) is 29.3 Å². The van der Waals surface area contributed by atoms with Crippen LogP contribution in [-0.2, 0) is 4.79 Å². The fourth-order valence-corrected chi connectivity index (χ4v) is 1.86. The number of fused-ring (bicyclic) bond motifs is 1. The van der Waals surface area contributed by atoms with Crippen LogP contribution in [0.5, 0.6) is 0 Å². The first-order valence-electron chi connectivity index (χ1n) is 5.01. The van der Waals surface area contributed by atoms with E-state index in [9.17, 15) is 4.79 Å². The number of carboxylic acid groups (broad SMARTS) is 1. The highest BCUT2D eigenvalue weighted by Gasteiger charge is 2.22. The molecule has 0 aliphatic rings. The van der Waals surface area contributed by atoms with Gasteiger partial charge in [0.2, 0.25) is 0 Å².